The lowest BCUT2D eigenvalue weighted by Crippen LogP contribution is -2.35. The Labute approximate surface area is 312 Å². The van der Waals surface area contributed by atoms with Crippen molar-refractivity contribution in [2.75, 3.05) is 58.0 Å². The average Bonchev–Trinajstić information content (AvgIpc) is 3.87. The molecule has 0 spiro atoms. The van der Waals surface area contributed by atoms with Crippen molar-refractivity contribution in [3.05, 3.63) is 53.1 Å². The third kappa shape index (κ3) is 20.3. The van der Waals surface area contributed by atoms with Gasteiger partial charge in [0.05, 0.1) is 36.1 Å². The van der Waals surface area contributed by atoms with Crippen molar-refractivity contribution < 1.29 is 0 Å². The number of hydrogen-bond donors (Lipinski definition) is 9. The molecule has 9 N–H and O–H groups in total. The molecule has 0 unspecified atom stereocenters. The van der Waals surface area contributed by atoms with Gasteiger partial charge in [-0.05, 0) is 20.8 Å². The van der Waals surface area contributed by atoms with Crippen LogP contribution >= 0.6 is 35.3 Å². The third-order valence-electron chi connectivity index (χ3n) is 6.33. The van der Waals surface area contributed by atoms with Gasteiger partial charge in [-0.2, -0.15) is 51.1 Å². The van der Waals surface area contributed by atoms with Crippen molar-refractivity contribution in [1.82, 2.24) is 61.8 Å². The summed E-state index contributed by atoms with van der Waals surface area (Å²) in [5, 5.41) is 41.8. The van der Waals surface area contributed by atoms with Gasteiger partial charge in [-0.3, -0.25) is 30.9 Å². The number of aromatic nitrogens is 6. The van der Waals surface area contributed by atoms with Gasteiger partial charge < -0.3 is 30.9 Å². The summed E-state index contributed by atoms with van der Waals surface area (Å²) < 4.78 is 0. The van der Waals surface area contributed by atoms with Gasteiger partial charge in [0.2, 0.25) is 17.9 Å². The van der Waals surface area contributed by atoms with Crippen LogP contribution in [0.25, 0.3) is 0 Å². The largest absolute Gasteiger partial charge is 0.355 e. The highest BCUT2D eigenvalue weighted by molar-refractivity contribution is 7.98. The highest BCUT2D eigenvalue weighted by Crippen LogP contribution is 2.13. The number of nitrogens with zero attached hydrogens (tertiary/aromatic N) is 9. The molecule has 0 aliphatic heterocycles. The molecule has 18 nitrogen and oxygen atoms in total. The molecule has 3 heterocycles. The Morgan fingerprint density at radius 1 is 0.569 bits per heavy atom. The zero-order valence-corrected chi connectivity index (χ0v) is 32.3. The van der Waals surface area contributed by atoms with Gasteiger partial charge in [0, 0.05) is 92.4 Å². The van der Waals surface area contributed by atoms with Gasteiger partial charge in [0.15, 0.2) is 18.6 Å². The van der Waals surface area contributed by atoms with E-state index in [1.165, 1.54) is 0 Å². The van der Waals surface area contributed by atoms with Crippen LogP contribution in [0.5, 0.6) is 0 Å². The lowest BCUT2D eigenvalue weighted by molar-refractivity contribution is 0.930. The second-order valence-electron chi connectivity index (χ2n) is 9.79. The molecule has 21 heteroatoms. The molecule has 3 aromatic rings. The summed E-state index contributed by atoms with van der Waals surface area (Å²) in [6.07, 6.45) is 10.6. The fourth-order valence-corrected chi connectivity index (χ4v) is 6.15. The predicted molar refractivity (Wildman–Crippen MR) is 209 cm³/mol. The van der Waals surface area contributed by atoms with Crippen LogP contribution in [-0.4, -0.2) is 106 Å². The smallest absolute Gasteiger partial charge is 0.204 e. The number of hydrogen-bond acceptors (Lipinski definition) is 12. The number of H-pyrrole nitrogens is 3. The van der Waals surface area contributed by atoms with Crippen LogP contribution in [0.1, 0.15) is 34.2 Å². The van der Waals surface area contributed by atoms with E-state index in [1.54, 1.807) is 75.4 Å². The highest BCUT2D eigenvalue weighted by Gasteiger charge is 2.03. The fourth-order valence-electron chi connectivity index (χ4n) is 3.53. The lowest BCUT2D eigenvalue weighted by atomic mass is 10.4. The van der Waals surface area contributed by atoms with E-state index in [0.717, 1.165) is 88.3 Å². The summed E-state index contributed by atoms with van der Waals surface area (Å²) in [7, 11) is 4.90. The summed E-state index contributed by atoms with van der Waals surface area (Å²) in [5.74, 6) is 6.97. The van der Waals surface area contributed by atoms with Crippen LogP contribution in [0.2, 0.25) is 0 Å². The second-order valence-corrected chi connectivity index (χ2v) is 13.1. The number of nitriles is 3. The monoisotopic (exact) mass is 756 g/mol. The van der Waals surface area contributed by atoms with Crippen molar-refractivity contribution in [2.24, 2.45) is 15.0 Å². The number of aliphatic imine (C=N–C) groups is 3. The predicted octanol–water partition coefficient (Wildman–Crippen LogP) is 1.79. The van der Waals surface area contributed by atoms with Gasteiger partial charge in [-0.1, -0.05) is 0 Å². The molecule has 0 aliphatic rings. The maximum atomic E-state index is 8.43. The minimum absolute atomic E-state index is 0.504. The van der Waals surface area contributed by atoms with E-state index >= 15 is 0 Å². The van der Waals surface area contributed by atoms with Crippen LogP contribution in [-0.2, 0) is 17.3 Å². The number of rotatable bonds is 15. The molecule has 0 amide bonds. The maximum Gasteiger partial charge on any atom is 0.204 e. The Morgan fingerprint density at radius 3 is 1.04 bits per heavy atom. The van der Waals surface area contributed by atoms with Crippen LogP contribution < -0.4 is 31.9 Å². The van der Waals surface area contributed by atoms with E-state index in [-0.39, 0.29) is 0 Å². The fraction of sp³-hybridized carbons (Fsp3) is 0.500. The number of aryl methyl sites for hydroxylation is 3. The summed E-state index contributed by atoms with van der Waals surface area (Å²) in [4.78, 5) is 33.5. The number of nitrogens with one attached hydrogen (secondary N) is 9. The zero-order valence-electron chi connectivity index (χ0n) is 29.8. The second kappa shape index (κ2) is 28.8. The molecule has 0 atom stereocenters. The Kier molecular flexibility index (Phi) is 24.8. The maximum absolute atomic E-state index is 8.43. The Morgan fingerprint density at radius 2 is 0.843 bits per heavy atom. The summed E-state index contributed by atoms with van der Waals surface area (Å²) in [6, 6.07) is 0. The molecule has 0 radical (unpaired) electrons. The topological polar surface area (TPSA) is 267 Å². The molecule has 0 aliphatic carbocycles. The van der Waals surface area contributed by atoms with Gasteiger partial charge in [0.1, 0.15) is 0 Å². The Balaban J connectivity index is 0.000000382. The van der Waals surface area contributed by atoms with Gasteiger partial charge >= 0.3 is 0 Å². The lowest BCUT2D eigenvalue weighted by Gasteiger charge is -2.06. The number of guanidine groups is 3. The molecule has 0 saturated heterocycles. The van der Waals surface area contributed by atoms with Crippen LogP contribution in [0.15, 0.2) is 34.0 Å². The quantitative estimate of drug-likeness (QED) is 0.0352. The van der Waals surface area contributed by atoms with Crippen LogP contribution in [0.3, 0.4) is 0 Å². The Bertz CT molecular complexity index is 1400. The molecule has 3 rings (SSSR count). The zero-order chi connectivity index (χ0) is 37.5. The summed E-state index contributed by atoms with van der Waals surface area (Å²) in [5.41, 5.74) is 6.63. The standard InChI is InChI=1S/3C10H16N6S/c3*1-8-9(16-7-15-8)5-17-4-3-13-10(12-2)14-6-11/h3*7H,3-5H2,1-2H3,(H,15,16)(H2,12,13,14). The molecule has 0 bridgehead atoms. The molecular formula is C30H48N18S3. The van der Waals surface area contributed by atoms with E-state index in [4.69, 9.17) is 15.8 Å². The first-order valence-electron chi connectivity index (χ1n) is 15.6. The number of imidazole rings is 3. The molecule has 3 aromatic heterocycles. The van der Waals surface area contributed by atoms with Crippen molar-refractivity contribution in [3.8, 4) is 18.6 Å². The van der Waals surface area contributed by atoms with Gasteiger partial charge in [0.25, 0.3) is 0 Å². The number of thioether (sulfide) groups is 3. The van der Waals surface area contributed by atoms with Crippen LogP contribution in [0, 0.1) is 55.1 Å². The first-order chi connectivity index (χ1) is 24.8. The van der Waals surface area contributed by atoms with Crippen LogP contribution in [0.4, 0.5) is 0 Å². The van der Waals surface area contributed by atoms with Gasteiger partial charge in [-0.25, -0.2) is 15.0 Å². The molecule has 51 heavy (non-hydrogen) atoms. The first kappa shape index (κ1) is 44.0. The molecule has 0 saturated carbocycles. The van der Waals surface area contributed by atoms with E-state index in [2.05, 4.69) is 76.8 Å². The van der Waals surface area contributed by atoms with E-state index in [0.29, 0.717) is 17.9 Å². The van der Waals surface area contributed by atoms with Crippen molar-refractivity contribution >= 4 is 53.2 Å². The van der Waals surface area contributed by atoms with E-state index in [9.17, 15) is 0 Å². The minimum atomic E-state index is 0.504. The van der Waals surface area contributed by atoms with E-state index in [1.807, 2.05) is 39.4 Å². The minimum Gasteiger partial charge on any atom is -0.355 e. The van der Waals surface area contributed by atoms with E-state index < -0.39 is 0 Å². The van der Waals surface area contributed by atoms with Crippen molar-refractivity contribution in [1.29, 1.82) is 15.8 Å². The van der Waals surface area contributed by atoms with Gasteiger partial charge in [-0.15, -0.1) is 0 Å². The number of aromatic amines is 3. The molecule has 0 fully saturated rings. The molecular weight excluding hydrogens is 709 g/mol. The average molecular weight is 757 g/mol. The summed E-state index contributed by atoms with van der Waals surface area (Å²) >= 11 is 5.36. The molecule has 276 valence electrons. The third-order valence-corrected chi connectivity index (χ3v) is 9.24. The SMILES string of the molecule is CN=C(NC#N)NCCSCc1nc[nH]c1C.CN=C(NC#N)NCCSCc1nc[nH]c1C.CN=C(NC#N)NCCSCc1nc[nH]c1C. The summed E-state index contributed by atoms with van der Waals surface area (Å²) in [6.45, 7) is 8.32. The normalized spacial score (nSPS) is 11.0. The highest BCUT2D eigenvalue weighted by atomic mass is 32.2. The molecule has 0 aromatic carbocycles. The van der Waals surface area contributed by atoms with Crippen molar-refractivity contribution in [2.45, 2.75) is 38.0 Å². The van der Waals surface area contributed by atoms with Crippen molar-refractivity contribution in [3.63, 3.8) is 0 Å². The Hall–Kier alpha value is -5.04. The first-order valence-corrected chi connectivity index (χ1v) is 19.1.